The second-order valence-corrected chi connectivity index (χ2v) is 13.1. The van der Waals surface area contributed by atoms with Crippen LogP contribution in [0.1, 0.15) is 72.8 Å². The van der Waals surface area contributed by atoms with Crippen LogP contribution in [0.25, 0.3) is 0 Å². The van der Waals surface area contributed by atoms with Gasteiger partial charge in [0.2, 0.25) is 0 Å². The number of esters is 1. The van der Waals surface area contributed by atoms with Gasteiger partial charge in [-0.25, -0.2) is 0 Å². The Hall–Kier alpha value is -2.35. The highest BCUT2D eigenvalue weighted by atomic mass is 16.6. The summed E-state index contributed by atoms with van der Waals surface area (Å²) in [5.74, 6) is -1.03. The van der Waals surface area contributed by atoms with Crippen LogP contribution in [0.3, 0.4) is 0 Å². The molecule has 0 aromatic heterocycles. The zero-order valence-electron chi connectivity index (χ0n) is 23.9. The quantitative estimate of drug-likeness (QED) is 0.383. The molecule has 1 aliphatic heterocycles. The molecule has 10 atom stereocenters. The predicted molar refractivity (Wildman–Crippen MR) is 141 cm³/mol. The number of rotatable bonds is 2. The minimum absolute atomic E-state index is 0.0209. The summed E-state index contributed by atoms with van der Waals surface area (Å²) >= 11 is 0. The molecule has 1 saturated heterocycles. The summed E-state index contributed by atoms with van der Waals surface area (Å²) in [7, 11) is 0. The van der Waals surface area contributed by atoms with Gasteiger partial charge in [0.25, 0.3) is 0 Å². The van der Waals surface area contributed by atoms with Gasteiger partial charge < -0.3 is 24.8 Å². The van der Waals surface area contributed by atoms with Crippen LogP contribution in [-0.4, -0.2) is 64.1 Å². The molecule has 1 aromatic rings. The average molecular weight is 543 g/mol. The molecule has 39 heavy (non-hydrogen) atoms. The summed E-state index contributed by atoms with van der Waals surface area (Å²) in [6.07, 6.45) is -1.68. The van der Waals surface area contributed by atoms with E-state index < -0.39 is 40.7 Å². The van der Waals surface area contributed by atoms with E-state index in [1.807, 2.05) is 39.0 Å². The second kappa shape index (κ2) is 9.93. The molecule has 1 aromatic carbocycles. The summed E-state index contributed by atoms with van der Waals surface area (Å²) in [4.78, 5) is 28.7. The van der Waals surface area contributed by atoms with Crippen LogP contribution < -0.4 is 0 Å². The fourth-order valence-electron chi connectivity index (χ4n) is 8.79. The first-order valence-corrected chi connectivity index (χ1v) is 13.8. The SMILES string of the molecule is CC(=O)O[C@@H]1C2=C(C)[C@@H](O)C[C@@](O)([C@@H](c3ccccc3)C3[C@@](C)([C@@H](C)C[C@H]4OC[C@@]34C)[C@H]1O)C2(C)C.O=C=O. The third-order valence-corrected chi connectivity index (χ3v) is 11.0. The lowest BCUT2D eigenvalue weighted by Crippen LogP contribution is -2.74. The zero-order valence-corrected chi connectivity index (χ0v) is 23.9. The zero-order chi connectivity index (χ0) is 29.1. The van der Waals surface area contributed by atoms with Gasteiger partial charge in [0.15, 0.2) is 6.10 Å². The summed E-state index contributed by atoms with van der Waals surface area (Å²) in [5, 5.41) is 36.7. The summed E-state index contributed by atoms with van der Waals surface area (Å²) < 4.78 is 12.0. The first kappa shape index (κ1) is 29.6. The topological polar surface area (TPSA) is 130 Å². The third-order valence-electron chi connectivity index (χ3n) is 11.0. The maximum atomic E-state index is 13.0. The van der Waals surface area contributed by atoms with Crippen LogP contribution in [0.5, 0.6) is 0 Å². The van der Waals surface area contributed by atoms with Crippen molar-refractivity contribution in [3.8, 4) is 0 Å². The molecule has 0 radical (unpaired) electrons. The molecular formula is C31H42O8. The Morgan fingerprint density at radius 2 is 1.69 bits per heavy atom. The monoisotopic (exact) mass is 542 g/mol. The lowest BCUT2D eigenvalue weighted by Gasteiger charge is -2.71. The molecule has 3 N–H and O–H groups in total. The maximum absolute atomic E-state index is 13.0. The molecule has 1 heterocycles. The molecular weight excluding hydrogens is 500 g/mol. The van der Waals surface area contributed by atoms with Crippen molar-refractivity contribution in [1.29, 1.82) is 0 Å². The number of hydrogen-bond acceptors (Lipinski definition) is 8. The smallest absolute Gasteiger partial charge is 0.373 e. The number of aliphatic hydroxyl groups is 3. The van der Waals surface area contributed by atoms with Crippen LogP contribution in [-0.2, 0) is 23.9 Å². The Kier molecular flexibility index (Phi) is 7.54. The number of aliphatic hydroxyl groups excluding tert-OH is 2. The van der Waals surface area contributed by atoms with Crippen molar-refractivity contribution in [3.63, 3.8) is 0 Å². The van der Waals surface area contributed by atoms with Gasteiger partial charge in [-0.05, 0) is 41.9 Å². The summed E-state index contributed by atoms with van der Waals surface area (Å²) in [6.45, 7) is 14.2. The molecule has 0 spiro atoms. The van der Waals surface area contributed by atoms with Gasteiger partial charge in [0, 0.05) is 35.5 Å². The van der Waals surface area contributed by atoms with Crippen LogP contribution in [0.2, 0.25) is 0 Å². The minimum atomic E-state index is -1.37. The molecule has 2 bridgehead atoms. The van der Waals surface area contributed by atoms with Crippen LogP contribution in [0.15, 0.2) is 41.5 Å². The van der Waals surface area contributed by atoms with E-state index >= 15 is 0 Å². The van der Waals surface area contributed by atoms with Gasteiger partial charge >= 0.3 is 12.1 Å². The van der Waals surface area contributed by atoms with Gasteiger partial charge in [-0.2, -0.15) is 9.59 Å². The lowest BCUT2D eigenvalue weighted by molar-refractivity contribution is -0.310. The summed E-state index contributed by atoms with van der Waals surface area (Å²) in [6, 6.07) is 10.1. The maximum Gasteiger partial charge on any atom is 0.373 e. The Labute approximate surface area is 230 Å². The van der Waals surface area contributed by atoms with E-state index in [9.17, 15) is 20.1 Å². The first-order valence-electron chi connectivity index (χ1n) is 13.8. The van der Waals surface area contributed by atoms with Crippen molar-refractivity contribution in [1.82, 2.24) is 0 Å². The highest BCUT2D eigenvalue weighted by Gasteiger charge is 2.73. The molecule has 8 nitrogen and oxygen atoms in total. The molecule has 1 unspecified atom stereocenters. The second-order valence-electron chi connectivity index (χ2n) is 13.1. The van der Waals surface area contributed by atoms with Crippen molar-refractivity contribution < 1.29 is 39.2 Å². The highest BCUT2D eigenvalue weighted by molar-refractivity contribution is 5.67. The van der Waals surface area contributed by atoms with Crippen LogP contribution >= 0.6 is 0 Å². The van der Waals surface area contributed by atoms with Gasteiger partial charge in [-0.1, -0.05) is 65.0 Å². The van der Waals surface area contributed by atoms with E-state index in [4.69, 9.17) is 19.1 Å². The molecule has 4 aliphatic rings. The number of benzene rings is 1. The Morgan fingerprint density at radius 3 is 2.21 bits per heavy atom. The van der Waals surface area contributed by atoms with Crippen molar-refractivity contribution in [2.45, 2.75) is 97.2 Å². The fourth-order valence-corrected chi connectivity index (χ4v) is 8.79. The Balaban J connectivity index is 0.00000112. The van der Waals surface area contributed by atoms with Crippen molar-refractivity contribution in [3.05, 3.63) is 47.0 Å². The molecule has 0 amide bonds. The Morgan fingerprint density at radius 1 is 1.10 bits per heavy atom. The van der Waals surface area contributed by atoms with Gasteiger partial charge in [0.05, 0.1) is 24.4 Å². The molecule has 2 saturated carbocycles. The highest BCUT2D eigenvalue weighted by Crippen LogP contribution is 2.71. The fraction of sp³-hybridized carbons (Fsp3) is 0.677. The van der Waals surface area contributed by atoms with E-state index in [1.54, 1.807) is 0 Å². The predicted octanol–water partition coefficient (Wildman–Crippen LogP) is 3.40. The number of hydrogen-bond donors (Lipinski definition) is 3. The number of carbonyl (C=O) groups is 1. The average Bonchev–Trinajstić information content (AvgIpc) is 2.86. The van der Waals surface area contributed by atoms with Gasteiger partial charge in [-0.15, -0.1) is 0 Å². The summed E-state index contributed by atoms with van der Waals surface area (Å²) in [5.41, 5.74) is -0.958. The van der Waals surface area contributed by atoms with Crippen LogP contribution in [0.4, 0.5) is 0 Å². The van der Waals surface area contributed by atoms with Gasteiger partial charge in [0.1, 0.15) is 6.10 Å². The Bertz CT molecular complexity index is 1170. The third kappa shape index (κ3) is 4.07. The van der Waals surface area contributed by atoms with Crippen molar-refractivity contribution in [2.75, 3.05) is 6.61 Å². The van der Waals surface area contributed by atoms with E-state index in [0.29, 0.717) is 17.8 Å². The largest absolute Gasteiger partial charge is 0.455 e. The van der Waals surface area contributed by atoms with Crippen LogP contribution in [0, 0.1) is 28.1 Å². The van der Waals surface area contributed by atoms with E-state index in [2.05, 4.69) is 32.9 Å². The van der Waals surface area contributed by atoms with Crippen molar-refractivity contribution >= 4 is 12.1 Å². The lowest BCUT2D eigenvalue weighted by atomic mass is 9.38. The molecule has 3 aliphatic carbocycles. The van der Waals surface area contributed by atoms with E-state index in [0.717, 1.165) is 12.0 Å². The van der Waals surface area contributed by atoms with Gasteiger partial charge in [-0.3, -0.25) is 4.79 Å². The first-order chi connectivity index (χ1) is 18.1. The minimum Gasteiger partial charge on any atom is -0.455 e. The number of carbonyl (C=O) groups excluding carboxylic acids is 3. The number of ether oxygens (including phenoxy) is 2. The molecule has 8 heteroatoms. The molecule has 5 rings (SSSR count). The van der Waals surface area contributed by atoms with E-state index in [-0.39, 0.29) is 41.8 Å². The number of fused-ring (bicyclic) bond motifs is 5. The van der Waals surface area contributed by atoms with E-state index in [1.165, 1.54) is 6.92 Å². The molecule has 3 fully saturated rings. The molecule has 214 valence electrons. The standard InChI is InChI=1S/C30H42O6.CO2/c1-16-13-21-28(6,15-35-21)25-23(19-11-9-8-10-12-19)30(34)14-20(32)17(2)22(27(30,4)5)24(36-18(3)31)26(33)29(16,25)7;2-1-3/h8-12,16,20-21,23-26,32-34H,13-15H2,1-7H3;/t16-,20-,21+,23-,24+,25?,26-,28+,29+,30+;/m0./s1. The van der Waals surface area contributed by atoms with Crippen molar-refractivity contribution in [2.24, 2.45) is 28.1 Å². The normalized spacial score (nSPS) is 44.1.